The highest BCUT2D eigenvalue weighted by Gasteiger charge is 2.32. The van der Waals surface area contributed by atoms with Gasteiger partial charge in [-0.1, -0.05) is 0 Å². The van der Waals surface area contributed by atoms with E-state index in [9.17, 15) is 14.4 Å². The van der Waals surface area contributed by atoms with Crippen LogP contribution in [0.4, 0.5) is 0 Å². The lowest BCUT2D eigenvalue weighted by molar-refractivity contribution is -0.143. The van der Waals surface area contributed by atoms with E-state index in [2.05, 4.69) is 5.32 Å². The molecule has 0 bridgehead atoms. The van der Waals surface area contributed by atoms with Crippen LogP contribution in [0, 0.1) is 5.92 Å². The lowest BCUT2D eigenvalue weighted by Gasteiger charge is -2.11. The Bertz CT molecular complexity index is 273. The molecule has 0 aromatic heterocycles. The minimum atomic E-state index is -1.24. The fraction of sp³-hybridized carbons (Fsp3) is 0.625. The van der Waals surface area contributed by atoms with Gasteiger partial charge in [-0.25, -0.2) is 4.79 Å². The molecule has 1 fully saturated rings. The molecule has 14 heavy (non-hydrogen) atoms. The summed E-state index contributed by atoms with van der Waals surface area (Å²) >= 11 is 0. The standard InChI is InChI=1S/C8H12N2O4/c9-6(11)3-5(8(13)14)10-7(12)4-1-2-4/h4-5H,1-3H2,(H2,9,11)(H,10,12)(H,13,14)/t5-/m1/s1. The van der Waals surface area contributed by atoms with Crippen LogP contribution < -0.4 is 11.1 Å². The van der Waals surface area contributed by atoms with Gasteiger partial charge in [-0.2, -0.15) is 0 Å². The van der Waals surface area contributed by atoms with Gasteiger partial charge in [-0.3, -0.25) is 9.59 Å². The van der Waals surface area contributed by atoms with Gasteiger partial charge in [0.1, 0.15) is 6.04 Å². The van der Waals surface area contributed by atoms with Crippen LogP contribution in [0.15, 0.2) is 0 Å². The maximum absolute atomic E-state index is 11.2. The van der Waals surface area contributed by atoms with E-state index in [0.29, 0.717) is 0 Å². The second-order valence-corrected chi connectivity index (χ2v) is 3.34. The molecule has 78 valence electrons. The summed E-state index contributed by atoms with van der Waals surface area (Å²) < 4.78 is 0. The SMILES string of the molecule is NC(=O)C[C@@H](NC(=O)C1CC1)C(=O)O. The number of nitrogens with one attached hydrogen (secondary N) is 1. The Kier molecular flexibility index (Phi) is 3.06. The number of hydrogen-bond donors (Lipinski definition) is 3. The highest BCUT2D eigenvalue weighted by Crippen LogP contribution is 2.28. The molecule has 1 aliphatic rings. The van der Waals surface area contributed by atoms with Crippen LogP contribution >= 0.6 is 0 Å². The van der Waals surface area contributed by atoms with Crippen LogP contribution in [0.5, 0.6) is 0 Å². The van der Waals surface area contributed by atoms with Gasteiger partial charge in [0, 0.05) is 5.92 Å². The number of carbonyl (C=O) groups excluding carboxylic acids is 2. The molecule has 0 aromatic carbocycles. The first kappa shape index (κ1) is 10.5. The first-order valence-electron chi connectivity index (χ1n) is 4.32. The first-order chi connectivity index (χ1) is 6.50. The lowest BCUT2D eigenvalue weighted by atomic mass is 10.2. The van der Waals surface area contributed by atoms with Crippen molar-refractivity contribution in [3.05, 3.63) is 0 Å². The summed E-state index contributed by atoms with van der Waals surface area (Å²) in [5, 5.41) is 10.9. The average Bonchev–Trinajstić information content (AvgIpc) is 2.83. The Balaban J connectivity index is 2.45. The molecule has 1 aliphatic carbocycles. The summed E-state index contributed by atoms with van der Waals surface area (Å²) in [4.78, 5) is 32.3. The Labute approximate surface area is 80.5 Å². The average molecular weight is 200 g/mol. The van der Waals surface area contributed by atoms with E-state index in [1.807, 2.05) is 0 Å². The van der Waals surface area contributed by atoms with Crippen LogP contribution in [0.2, 0.25) is 0 Å². The molecule has 2 amide bonds. The number of carboxylic acids is 1. The molecule has 4 N–H and O–H groups in total. The van der Waals surface area contributed by atoms with Crippen molar-refractivity contribution in [1.29, 1.82) is 0 Å². The van der Waals surface area contributed by atoms with Crippen molar-refractivity contribution in [3.8, 4) is 0 Å². The maximum Gasteiger partial charge on any atom is 0.326 e. The van der Waals surface area contributed by atoms with E-state index in [0.717, 1.165) is 12.8 Å². The fourth-order valence-electron chi connectivity index (χ4n) is 1.04. The smallest absolute Gasteiger partial charge is 0.326 e. The zero-order chi connectivity index (χ0) is 10.7. The van der Waals surface area contributed by atoms with Crippen molar-refractivity contribution < 1.29 is 19.5 Å². The minimum absolute atomic E-state index is 0.0790. The van der Waals surface area contributed by atoms with Crippen LogP contribution in [-0.4, -0.2) is 28.9 Å². The van der Waals surface area contributed by atoms with Crippen molar-refractivity contribution in [2.24, 2.45) is 11.7 Å². The molecule has 1 saturated carbocycles. The van der Waals surface area contributed by atoms with Crippen molar-refractivity contribution in [2.75, 3.05) is 0 Å². The molecule has 0 spiro atoms. The Hall–Kier alpha value is -1.59. The summed E-state index contributed by atoms with van der Waals surface area (Å²) in [6.07, 6.45) is 1.21. The topological polar surface area (TPSA) is 109 Å². The maximum atomic E-state index is 11.2. The normalized spacial score (nSPS) is 17.1. The number of aliphatic carboxylic acids is 1. The quantitative estimate of drug-likeness (QED) is 0.520. The van der Waals surface area contributed by atoms with E-state index in [1.165, 1.54) is 0 Å². The van der Waals surface area contributed by atoms with Gasteiger partial charge in [-0.05, 0) is 12.8 Å². The minimum Gasteiger partial charge on any atom is -0.480 e. The van der Waals surface area contributed by atoms with E-state index in [-0.39, 0.29) is 18.2 Å². The van der Waals surface area contributed by atoms with Crippen LogP contribution in [0.1, 0.15) is 19.3 Å². The van der Waals surface area contributed by atoms with Crippen molar-refractivity contribution in [2.45, 2.75) is 25.3 Å². The summed E-state index contributed by atoms with van der Waals surface area (Å²) in [6.45, 7) is 0. The van der Waals surface area contributed by atoms with Crippen LogP contribution in [-0.2, 0) is 14.4 Å². The zero-order valence-corrected chi connectivity index (χ0v) is 7.53. The second kappa shape index (κ2) is 4.08. The Morgan fingerprint density at radius 2 is 2.00 bits per heavy atom. The third kappa shape index (κ3) is 3.04. The van der Waals surface area contributed by atoms with Gasteiger partial charge in [0.2, 0.25) is 11.8 Å². The van der Waals surface area contributed by atoms with E-state index < -0.39 is 17.9 Å². The van der Waals surface area contributed by atoms with Gasteiger partial charge in [0.25, 0.3) is 0 Å². The molecule has 0 unspecified atom stereocenters. The highest BCUT2D eigenvalue weighted by atomic mass is 16.4. The third-order valence-corrected chi connectivity index (χ3v) is 1.97. The summed E-state index contributed by atoms with van der Waals surface area (Å²) in [6, 6.07) is -1.19. The van der Waals surface area contributed by atoms with Crippen molar-refractivity contribution >= 4 is 17.8 Å². The zero-order valence-electron chi connectivity index (χ0n) is 7.53. The monoisotopic (exact) mass is 200 g/mol. The van der Waals surface area contributed by atoms with E-state index in [1.54, 1.807) is 0 Å². The predicted molar refractivity (Wildman–Crippen MR) is 46.1 cm³/mol. The molecule has 0 aliphatic heterocycles. The molecule has 6 nitrogen and oxygen atoms in total. The molecule has 0 saturated heterocycles. The number of nitrogens with two attached hydrogens (primary N) is 1. The van der Waals surface area contributed by atoms with Gasteiger partial charge < -0.3 is 16.2 Å². The number of amides is 2. The number of rotatable bonds is 5. The molecule has 6 heteroatoms. The molecule has 0 radical (unpaired) electrons. The van der Waals surface area contributed by atoms with Crippen molar-refractivity contribution in [1.82, 2.24) is 5.32 Å². The van der Waals surface area contributed by atoms with Gasteiger partial charge in [0.05, 0.1) is 6.42 Å². The van der Waals surface area contributed by atoms with Gasteiger partial charge >= 0.3 is 5.97 Å². The number of carboxylic acid groups (broad SMARTS) is 1. The molecular weight excluding hydrogens is 188 g/mol. The fourth-order valence-corrected chi connectivity index (χ4v) is 1.04. The summed E-state index contributed by atoms with van der Waals surface area (Å²) in [7, 11) is 0. The molecular formula is C8H12N2O4. The van der Waals surface area contributed by atoms with Crippen molar-refractivity contribution in [3.63, 3.8) is 0 Å². The largest absolute Gasteiger partial charge is 0.480 e. The highest BCUT2D eigenvalue weighted by molar-refractivity contribution is 5.89. The Morgan fingerprint density at radius 3 is 2.36 bits per heavy atom. The molecule has 1 atom stereocenters. The first-order valence-corrected chi connectivity index (χ1v) is 4.32. The number of carbonyl (C=O) groups is 3. The lowest BCUT2D eigenvalue weighted by Crippen LogP contribution is -2.43. The van der Waals surface area contributed by atoms with Gasteiger partial charge in [0.15, 0.2) is 0 Å². The predicted octanol–water partition coefficient (Wildman–Crippen LogP) is -1.16. The van der Waals surface area contributed by atoms with Crippen LogP contribution in [0.25, 0.3) is 0 Å². The van der Waals surface area contributed by atoms with E-state index in [4.69, 9.17) is 10.8 Å². The Morgan fingerprint density at radius 1 is 1.43 bits per heavy atom. The molecule has 0 aromatic rings. The number of hydrogen-bond acceptors (Lipinski definition) is 3. The molecule has 0 heterocycles. The van der Waals surface area contributed by atoms with E-state index >= 15 is 0 Å². The van der Waals surface area contributed by atoms with Crippen LogP contribution in [0.3, 0.4) is 0 Å². The summed E-state index contributed by atoms with van der Waals surface area (Å²) in [5.41, 5.74) is 4.85. The summed E-state index contributed by atoms with van der Waals surface area (Å²) in [5.74, 6) is -2.37. The second-order valence-electron chi connectivity index (χ2n) is 3.34. The van der Waals surface area contributed by atoms with Gasteiger partial charge in [-0.15, -0.1) is 0 Å². The molecule has 1 rings (SSSR count). The number of primary amides is 1. The third-order valence-electron chi connectivity index (χ3n) is 1.97.